The molecule has 0 saturated heterocycles. The molecule has 0 saturated carbocycles. The number of halogens is 3. The van der Waals surface area contributed by atoms with Gasteiger partial charge in [-0.1, -0.05) is 25.2 Å². The molecule has 0 aliphatic rings. The summed E-state index contributed by atoms with van der Waals surface area (Å²) in [4.78, 5) is 8.19. The molecule has 2 heterocycles. The van der Waals surface area contributed by atoms with Gasteiger partial charge in [-0.3, -0.25) is 0 Å². The first-order valence-electron chi connectivity index (χ1n) is 4.77. The van der Waals surface area contributed by atoms with Crippen LogP contribution in [0, 0.1) is 6.92 Å². The fourth-order valence-corrected chi connectivity index (χ4v) is 1.83. The first-order chi connectivity index (χ1) is 7.47. The Labute approximate surface area is 95.2 Å². The van der Waals surface area contributed by atoms with E-state index in [1.807, 2.05) is 13.8 Å². The molecule has 0 bridgehead atoms. The van der Waals surface area contributed by atoms with Crippen LogP contribution in [-0.2, 0) is 6.18 Å². The van der Waals surface area contributed by atoms with Gasteiger partial charge in [0.15, 0.2) is 0 Å². The van der Waals surface area contributed by atoms with Gasteiger partial charge in [0.2, 0.25) is 0 Å². The van der Waals surface area contributed by atoms with E-state index < -0.39 is 11.7 Å². The summed E-state index contributed by atoms with van der Waals surface area (Å²) in [5.41, 5.74) is -0.447. The Morgan fingerprint density at radius 1 is 1.25 bits per heavy atom. The summed E-state index contributed by atoms with van der Waals surface area (Å²) >= 11 is 1.28. The molecule has 6 heteroatoms. The third-order valence-electron chi connectivity index (χ3n) is 1.68. The van der Waals surface area contributed by atoms with Crippen LogP contribution in [0.4, 0.5) is 13.2 Å². The Morgan fingerprint density at radius 2 is 1.88 bits per heavy atom. The average molecular weight is 248 g/mol. The van der Waals surface area contributed by atoms with Crippen molar-refractivity contribution in [1.82, 2.24) is 9.97 Å². The molecule has 0 atom stereocenters. The number of hydrogen-bond acceptors (Lipinski definition) is 3. The molecular formula is C10H11F3N2S. The van der Waals surface area contributed by atoms with Gasteiger partial charge in [0.05, 0.1) is 10.6 Å². The zero-order valence-electron chi connectivity index (χ0n) is 9.09. The van der Waals surface area contributed by atoms with E-state index in [1.165, 1.54) is 11.3 Å². The quantitative estimate of drug-likeness (QED) is 0.703. The van der Waals surface area contributed by atoms with Gasteiger partial charge < -0.3 is 0 Å². The number of hydrogen-bond donors (Lipinski definition) is 0. The van der Waals surface area contributed by atoms with Crippen LogP contribution >= 0.6 is 11.3 Å². The molecule has 0 fully saturated rings. The number of aryl methyl sites for hydroxylation is 1. The molecule has 0 amide bonds. The van der Waals surface area contributed by atoms with Gasteiger partial charge in [-0.05, 0) is 13.0 Å². The Hall–Kier alpha value is -1.17. The normalized spacial score (nSPS) is 11.1. The van der Waals surface area contributed by atoms with Crippen molar-refractivity contribution in [1.29, 1.82) is 0 Å². The highest BCUT2D eigenvalue weighted by molar-refractivity contribution is 7.18. The predicted octanol–water partition coefficient (Wildman–Crippen LogP) is 4.04. The van der Waals surface area contributed by atoms with Gasteiger partial charge >= 0.3 is 6.18 Å². The summed E-state index contributed by atoms with van der Waals surface area (Å²) in [7, 11) is 0. The van der Waals surface area contributed by atoms with Crippen LogP contribution in [0.1, 0.15) is 24.4 Å². The smallest absolute Gasteiger partial charge is 0.243 e. The summed E-state index contributed by atoms with van der Waals surface area (Å²) < 4.78 is 36.8. The Kier molecular flexibility index (Phi) is 3.85. The number of rotatable bonds is 0. The van der Waals surface area contributed by atoms with Gasteiger partial charge in [0.25, 0.3) is 0 Å². The number of fused-ring (bicyclic) bond motifs is 1. The maximum absolute atomic E-state index is 12.3. The first-order valence-corrected chi connectivity index (χ1v) is 5.59. The van der Waals surface area contributed by atoms with E-state index in [1.54, 1.807) is 6.92 Å². The van der Waals surface area contributed by atoms with E-state index in [0.717, 1.165) is 12.3 Å². The van der Waals surface area contributed by atoms with Crippen LogP contribution in [0.15, 0.2) is 12.3 Å². The Bertz CT molecular complexity index is 476. The first kappa shape index (κ1) is 12.9. The minimum absolute atomic E-state index is 0.308. The van der Waals surface area contributed by atoms with Crippen LogP contribution in [0.2, 0.25) is 0 Å². The fourth-order valence-electron chi connectivity index (χ4n) is 1.09. The lowest BCUT2D eigenvalue weighted by Crippen LogP contribution is -2.04. The van der Waals surface area contributed by atoms with Crippen LogP contribution in [0.5, 0.6) is 0 Å². The molecule has 0 unspecified atom stereocenters. The number of thiazole rings is 1. The zero-order valence-corrected chi connectivity index (χ0v) is 9.91. The maximum atomic E-state index is 12.3. The molecule has 2 aromatic heterocycles. The van der Waals surface area contributed by atoms with Gasteiger partial charge in [0, 0.05) is 6.20 Å². The lowest BCUT2D eigenvalue weighted by atomic mass is 10.3. The monoisotopic (exact) mass is 248 g/mol. The second kappa shape index (κ2) is 4.78. The predicted molar refractivity (Wildman–Crippen MR) is 58.5 cm³/mol. The maximum Gasteiger partial charge on any atom is 0.417 e. The average Bonchev–Trinajstić information content (AvgIpc) is 2.58. The third-order valence-corrected chi connectivity index (χ3v) is 2.58. The van der Waals surface area contributed by atoms with Crippen molar-refractivity contribution in [3.05, 3.63) is 22.8 Å². The van der Waals surface area contributed by atoms with Crippen LogP contribution in [-0.4, -0.2) is 9.97 Å². The minimum Gasteiger partial charge on any atom is -0.243 e. The van der Waals surface area contributed by atoms with Crippen molar-refractivity contribution in [2.45, 2.75) is 26.9 Å². The van der Waals surface area contributed by atoms with Gasteiger partial charge in [-0.15, -0.1) is 0 Å². The van der Waals surface area contributed by atoms with Gasteiger partial charge in [0.1, 0.15) is 10.3 Å². The number of nitrogens with zero attached hydrogens (tertiary/aromatic N) is 2. The molecular weight excluding hydrogens is 237 g/mol. The topological polar surface area (TPSA) is 25.8 Å². The molecule has 0 N–H and O–H groups in total. The number of alkyl halides is 3. The van der Waals surface area contributed by atoms with Crippen molar-refractivity contribution in [3.8, 4) is 0 Å². The lowest BCUT2D eigenvalue weighted by molar-refractivity contribution is -0.137. The minimum atomic E-state index is -4.35. The van der Waals surface area contributed by atoms with Crippen LogP contribution < -0.4 is 0 Å². The van der Waals surface area contributed by atoms with Crippen molar-refractivity contribution in [3.63, 3.8) is 0 Å². The molecule has 2 nitrogen and oxygen atoms in total. The molecule has 0 spiro atoms. The molecule has 16 heavy (non-hydrogen) atoms. The molecule has 0 aromatic carbocycles. The van der Waals surface area contributed by atoms with E-state index in [0.29, 0.717) is 15.4 Å². The summed E-state index contributed by atoms with van der Waals surface area (Å²) in [6.07, 6.45) is -3.52. The van der Waals surface area contributed by atoms with Crippen molar-refractivity contribution in [2.75, 3.05) is 0 Å². The van der Waals surface area contributed by atoms with E-state index in [9.17, 15) is 13.2 Å². The molecule has 2 rings (SSSR count). The standard InChI is InChI=1S/C8H5F3N2S.C2H6/c1-4-13-6-2-5(8(9,10)11)3-12-7(6)14-4;1-2/h2-3H,1H3;1-2H3. The van der Waals surface area contributed by atoms with Crippen molar-refractivity contribution >= 4 is 21.7 Å². The summed E-state index contributed by atoms with van der Waals surface area (Å²) in [5, 5.41) is 0.715. The van der Waals surface area contributed by atoms with E-state index in [2.05, 4.69) is 9.97 Å². The van der Waals surface area contributed by atoms with E-state index in [4.69, 9.17) is 0 Å². The highest BCUT2D eigenvalue weighted by Crippen LogP contribution is 2.31. The molecule has 0 aliphatic heterocycles. The number of aromatic nitrogens is 2. The highest BCUT2D eigenvalue weighted by Gasteiger charge is 2.31. The highest BCUT2D eigenvalue weighted by atomic mass is 32.1. The molecule has 0 radical (unpaired) electrons. The second-order valence-corrected chi connectivity index (χ2v) is 3.96. The molecule has 2 aromatic rings. The fraction of sp³-hybridized carbons (Fsp3) is 0.400. The largest absolute Gasteiger partial charge is 0.417 e. The number of pyridine rings is 1. The molecule has 88 valence electrons. The Balaban J connectivity index is 0.000000606. The Morgan fingerprint density at radius 3 is 2.44 bits per heavy atom. The zero-order chi connectivity index (χ0) is 12.3. The van der Waals surface area contributed by atoms with Gasteiger partial charge in [-0.2, -0.15) is 13.2 Å². The van der Waals surface area contributed by atoms with Crippen molar-refractivity contribution in [2.24, 2.45) is 0 Å². The van der Waals surface area contributed by atoms with Crippen molar-refractivity contribution < 1.29 is 13.2 Å². The lowest BCUT2D eigenvalue weighted by Gasteiger charge is -2.04. The second-order valence-electron chi connectivity index (χ2n) is 2.78. The SMILES string of the molecule is CC.Cc1nc2cc(C(F)(F)F)cnc2s1. The van der Waals surface area contributed by atoms with Crippen LogP contribution in [0.3, 0.4) is 0 Å². The van der Waals surface area contributed by atoms with E-state index >= 15 is 0 Å². The van der Waals surface area contributed by atoms with E-state index in [-0.39, 0.29) is 0 Å². The van der Waals surface area contributed by atoms with Crippen LogP contribution in [0.25, 0.3) is 10.3 Å². The summed E-state index contributed by atoms with van der Waals surface area (Å²) in [6, 6.07) is 1.02. The van der Waals surface area contributed by atoms with Gasteiger partial charge in [-0.25, -0.2) is 9.97 Å². The molecule has 0 aliphatic carbocycles. The third kappa shape index (κ3) is 2.69. The summed E-state index contributed by atoms with van der Waals surface area (Å²) in [6.45, 7) is 5.74. The summed E-state index contributed by atoms with van der Waals surface area (Å²) in [5.74, 6) is 0.